The van der Waals surface area contributed by atoms with Crippen molar-refractivity contribution in [3.8, 4) is 6.07 Å². The monoisotopic (exact) mass is 240 g/mol. The smallest absolute Gasteiger partial charge is 0.408 e. The molecule has 1 unspecified atom stereocenters. The highest BCUT2D eigenvalue weighted by Gasteiger charge is 2.37. The number of nitrogens with zero attached hydrogens (tertiary/aromatic N) is 1. The topological polar surface area (TPSA) is 71.3 Å². The molecule has 1 fully saturated rings. The van der Waals surface area contributed by atoms with E-state index in [9.17, 15) is 4.79 Å². The summed E-state index contributed by atoms with van der Waals surface area (Å²) in [5, 5.41) is 11.5. The van der Waals surface area contributed by atoms with Crippen LogP contribution in [0.15, 0.2) is 0 Å². The number of alkyl carbamates (subject to hydrolysis) is 1. The summed E-state index contributed by atoms with van der Waals surface area (Å²) in [6.45, 7) is 6.52. The first kappa shape index (κ1) is 13.8. The number of carbonyl (C=O) groups is 1. The summed E-state index contributed by atoms with van der Waals surface area (Å²) in [6, 6.07) is 2.09. The van der Waals surface area contributed by atoms with Crippen molar-refractivity contribution in [2.45, 2.75) is 51.2 Å². The normalized spacial score (nSPS) is 24.1. The maximum Gasteiger partial charge on any atom is 0.408 e. The molecular weight excluding hydrogens is 220 g/mol. The van der Waals surface area contributed by atoms with Gasteiger partial charge in [0.2, 0.25) is 0 Å². The van der Waals surface area contributed by atoms with Gasteiger partial charge in [0.25, 0.3) is 0 Å². The van der Waals surface area contributed by atoms with Gasteiger partial charge in [0.05, 0.1) is 18.2 Å². The number of ether oxygens (including phenoxy) is 2. The molecule has 1 aliphatic rings. The fourth-order valence-electron chi connectivity index (χ4n) is 1.78. The molecule has 0 bridgehead atoms. The zero-order valence-electron chi connectivity index (χ0n) is 10.7. The van der Waals surface area contributed by atoms with Crippen LogP contribution in [-0.4, -0.2) is 30.4 Å². The summed E-state index contributed by atoms with van der Waals surface area (Å²) < 4.78 is 10.5. The number of carbonyl (C=O) groups excluding carboxylic acids is 1. The van der Waals surface area contributed by atoms with Gasteiger partial charge >= 0.3 is 6.09 Å². The van der Waals surface area contributed by atoms with E-state index in [1.54, 1.807) is 0 Å². The minimum atomic E-state index is -0.514. The third-order valence-electron chi connectivity index (χ3n) is 2.58. The standard InChI is InChI=1S/C12H20N2O3/c1-11(2,3)17-10(15)14-12(5-4-7-13)6-8-16-9-12/h4-6,8-9H2,1-3H3,(H,14,15). The molecule has 0 aromatic heterocycles. The predicted molar refractivity (Wildman–Crippen MR) is 62.4 cm³/mol. The summed E-state index contributed by atoms with van der Waals surface area (Å²) in [7, 11) is 0. The van der Waals surface area contributed by atoms with E-state index in [1.165, 1.54) is 0 Å². The molecule has 1 atom stereocenters. The van der Waals surface area contributed by atoms with Crippen molar-refractivity contribution < 1.29 is 14.3 Å². The predicted octanol–water partition coefficient (Wildman–Crippen LogP) is 1.97. The van der Waals surface area contributed by atoms with Crippen LogP contribution in [0.4, 0.5) is 4.79 Å². The van der Waals surface area contributed by atoms with E-state index in [0.29, 0.717) is 26.1 Å². The maximum absolute atomic E-state index is 11.7. The molecule has 0 spiro atoms. The number of amides is 1. The molecule has 1 saturated heterocycles. The molecule has 1 rings (SSSR count). The van der Waals surface area contributed by atoms with Gasteiger partial charge in [-0.05, 0) is 33.6 Å². The Balaban J connectivity index is 2.55. The van der Waals surface area contributed by atoms with Gasteiger partial charge in [-0.3, -0.25) is 0 Å². The third-order valence-corrected chi connectivity index (χ3v) is 2.58. The van der Waals surface area contributed by atoms with Gasteiger partial charge in [0.1, 0.15) is 5.60 Å². The first-order chi connectivity index (χ1) is 7.87. The molecule has 5 heteroatoms. The van der Waals surface area contributed by atoms with Crippen LogP contribution in [0.5, 0.6) is 0 Å². The fraction of sp³-hybridized carbons (Fsp3) is 0.833. The lowest BCUT2D eigenvalue weighted by Gasteiger charge is -2.29. The Morgan fingerprint density at radius 1 is 1.59 bits per heavy atom. The minimum absolute atomic E-state index is 0.402. The molecule has 0 radical (unpaired) electrons. The van der Waals surface area contributed by atoms with E-state index >= 15 is 0 Å². The van der Waals surface area contributed by atoms with Gasteiger partial charge < -0.3 is 14.8 Å². The average Bonchev–Trinajstić information content (AvgIpc) is 2.60. The Bertz CT molecular complexity index is 309. The van der Waals surface area contributed by atoms with Crippen LogP contribution in [0.25, 0.3) is 0 Å². The third kappa shape index (κ3) is 4.61. The van der Waals surface area contributed by atoms with Crippen molar-refractivity contribution >= 4 is 6.09 Å². The average molecular weight is 240 g/mol. The van der Waals surface area contributed by atoms with Crippen LogP contribution in [0.3, 0.4) is 0 Å². The minimum Gasteiger partial charge on any atom is -0.444 e. The zero-order valence-corrected chi connectivity index (χ0v) is 10.7. The largest absolute Gasteiger partial charge is 0.444 e. The quantitative estimate of drug-likeness (QED) is 0.818. The molecule has 1 N–H and O–H groups in total. The Kier molecular flexibility index (Phi) is 4.35. The van der Waals surface area contributed by atoms with Crippen LogP contribution < -0.4 is 5.32 Å². The van der Waals surface area contributed by atoms with E-state index in [4.69, 9.17) is 14.7 Å². The Morgan fingerprint density at radius 2 is 2.29 bits per heavy atom. The molecule has 0 aromatic rings. The van der Waals surface area contributed by atoms with E-state index in [2.05, 4.69) is 11.4 Å². The first-order valence-corrected chi connectivity index (χ1v) is 5.83. The Labute approximate surface area is 102 Å². The van der Waals surface area contributed by atoms with Crippen LogP contribution in [0.1, 0.15) is 40.0 Å². The van der Waals surface area contributed by atoms with Gasteiger partial charge in [-0.25, -0.2) is 4.79 Å². The SMILES string of the molecule is CC(C)(C)OC(=O)NC1(CCC#N)CCOC1. The molecule has 96 valence electrons. The molecular formula is C12H20N2O3. The summed E-state index contributed by atoms with van der Waals surface area (Å²) in [5.41, 5.74) is -0.946. The van der Waals surface area contributed by atoms with Crippen LogP contribution in [-0.2, 0) is 9.47 Å². The molecule has 1 aliphatic heterocycles. The van der Waals surface area contributed by atoms with Crippen molar-refractivity contribution in [3.63, 3.8) is 0 Å². The lowest BCUT2D eigenvalue weighted by atomic mass is 9.93. The van der Waals surface area contributed by atoms with Crippen molar-refractivity contribution in [2.24, 2.45) is 0 Å². The van der Waals surface area contributed by atoms with E-state index < -0.39 is 17.2 Å². The highest BCUT2D eigenvalue weighted by atomic mass is 16.6. The summed E-state index contributed by atoms with van der Waals surface area (Å²) in [5.74, 6) is 0. The second-order valence-corrected chi connectivity index (χ2v) is 5.37. The van der Waals surface area contributed by atoms with Crippen molar-refractivity contribution in [1.29, 1.82) is 5.26 Å². The second kappa shape index (κ2) is 5.37. The number of rotatable bonds is 3. The van der Waals surface area contributed by atoms with Crippen LogP contribution in [0.2, 0.25) is 0 Å². The maximum atomic E-state index is 11.7. The Hall–Kier alpha value is -1.28. The lowest BCUT2D eigenvalue weighted by Crippen LogP contribution is -2.50. The van der Waals surface area contributed by atoms with Crippen LogP contribution in [0, 0.1) is 11.3 Å². The van der Waals surface area contributed by atoms with E-state index in [0.717, 1.165) is 6.42 Å². The molecule has 0 saturated carbocycles. The zero-order chi connectivity index (χ0) is 12.9. The number of hydrogen-bond donors (Lipinski definition) is 1. The van der Waals surface area contributed by atoms with Crippen molar-refractivity contribution in [2.75, 3.05) is 13.2 Å². The highest BCUT2D eigenvalue weighted by molar-refractivity contribution is 5.68. The molecule has 0 aromatic carbocycles. The lowest BCUT2D eigenvalue weighted by molar-refractivity contribution is 0.0434. The van der Waals surface area contributed by atoms with Gasteiger partial charge in [-0.1, -0.05) is 0 Å². The van der Waals surface area contributed by atoms with Gasteiger partial charge in [0, 0.05) is 13.0 Å². The summed E-state index contributed by atoms with van der Waals surface area (Å²) in [4.78, 5) is 11.7. The number of nitriles is 1. The fourth-order valence-corrected chi connectivity index (χ4v) is 1.78. The molecule has 17 heavy (non-hydrogen) atoms. The van der Waals surface area contributed by atoms with Crippen LogP contribution >= 0.6 is 0 Å². The second-order valence-electron chi connectivity index (χ2n) is 5.37. The van der Waals surface area contributed by atoms with E-state index in [-0.39, 0.29) is 0 Å². The number of nitrogens with one attached hydrogen (secondary N) is 1. The van der Waals surface area contributed by atoms with Gasteiger partial charge in [-0.2, -0.15) is 5.26 Å². The molecule has 5 nitrogen and oxygen atoms in total. The number of hydrogen-bond acceptors (Lipinski definition) is 4. The Morgan fingerprint density at radius 3 is 2.76 bits per heavy atom. The molecule has 1 amide bonds. The highest BCUT2D eigenvalue weighted by Crippen LogP contribution is 2.24. The van der Waals surface area contributed by atoms with Gasteiger partial charge in [0.15, 0.2) is 0 Å². The molecule has 0 aliphatic carbocycles. The van der Waals surface area contributed by atoms with Crippen molar-refractivity contribution in [1.82, 2.24) is 5.32 Å². The van der Waals surface area contributed by atoms with E-state index in [1.807, 2.05) is 20.8 Å². The first-order valence-electron chi connectivity index (χ1n) is 5.83. The summed E-state index contributed by atoms with van der Waals surface area (Å²) >= 11 is 0. The van der Waals surface area contributed by atoms with Gasteiger partial charge in [-0.15, -0.1) is 0 Å². The summed E-state index contributed by atoms with van der Waals surface area (Å²) in [6.07, 6.45) is 1.29. The van der Waals surface area contributed by atoms with Crippen molar-refractivity contribution in [3.05, 3.63) is 0 Å². The molecule has 1 heterocycles.